The van der Waals surface area contributed by atoms with Crippen molar-refractivity contribution in [1.29, 1.82) is 0 Å². The van der Waals surface area contributed by atoms with Gasteiger partial charge in [-0.25, -0.2) is 19.8 Å². The fraction of sp³-hybridized carbons (Fsp3) is 0.500. The van der Waals surface area contributed by atoms with Crippen LogP contribution in [-0.4, -0.2) is 182 Å². The number of hydrogen-bond donors (Lipinski definition) is 1. The SMILES string of the molecule is C1CCOC1.CC(C)(C)[Si](C)(C)OCCCc1[c-]ccc(Cl)c1.CC(C)(C)[Si](C)(C)OCCCc1cc(Cl)ccc1Br.CCOC(=O)C=Cc1cc(Cl)ccc1Br.CCOC(=O)CCc1cc(Cl)ccc1Br.CCOC(=O)CP(=O)(OCC)OCC.CON(C)C(=O)[C@H]1O[C@@H](n2ccc3c(Cl)ncnc32)[C@@H]2OC(C)(C)O[C@@H]21.O=Cc1cc(Cl)ccc1Br.OCCCc1cc(Cl)ccc1Br.[CH2-]CCC.[Li+].[Li+]. The molecular formula is C100H137Br5Cl7Li2N4O19PSi2. The third kappa shape index (κ3) is 53.5. The predicted octanol–water partition coefficient (Wildman–Crippen LogP) is 24.1. The van der Waals surface area contributed by atoms with Gasteiger partial charge in [-0.2, -0.15) is 30.2 Å². The number of likely N-dealkylation sites (N-methyl/N-ethyl adjacent to an activating group) is 1. The molecule has 0 saturated carbocycles. The van der Waals surface area contributed by atoms with Crippen LogP contribution in [0.2, 0.25) is 71.6 Å². The van der Waals surface area contributed by atoms with Crippen LogP contribution in [0.25, 0.3) is 17.1 Å². The van der Waals surface area contributed by atoms with Gasteiger partial charge in [-0.3, -0.25) is 28.6 Å². The molecule has 11 rings (SSSR count). The average Bonchev–Trinajstić information content (AvgIpc) is 1.58. The molecule has 4 atom stereocenters. The zero-order valence-electron chi connectivity index (χ0n) is 84.7. The van der Waals surface area contributed by atoms with Crippen LogP contribution in [0.15, 0.2) is 156 Å². The number of hydroxylamine groups is 2. The van der Waals surface area contributed by atoms with Crippen molar-refractivity contribution >= 4 is 232 Å². The predicted molar refractivity (Wildman–Crippen MR) is 583 cm³/mol. The van der Waals surface area contributed by atoms with Crippen molar-refractivity contribution in [2.75, 3.05) is 86.4 Å². The van der Waals surface area contributed by atoms with Gasteiger partial charge in [0.15, 0.2) is 41.0 Å². The number of aryl methyl sites for hydroxylation is 4. The number of aromatic nitrogens is 3. The molecule has 0 spiro atoms. The summed E-state index contributed by atoms with van der Waals surface area (Å²) in [4.78, 5) is 69.5. The number of ether oxygens (including phenoxy) is 7. The van der Waals surface area contributed by atoms with Gasteiger partial charge in [0, 0.05) is 112 Å². The minimum atomic E-state index is -3.28. The number of esters is 3. The Bertz CT molecular complexity index is 5050. The number of halogens is 12. The third-order valence-corrected chi connectivity index (χ3v) is 37.4. The Morgan fingerprint density at radius 2 is 1.05 bits per heavy atom. The molecule has 8 aromatic rings. The minimum absolute atomic E-state index is 0. The maximum atomic E-state index is 12.6. The van der Waals surface area contributed by atoms with Crippen LogP contribution in [0.5, 0.6) is 0 Å². The van der Waals surface area contributed by atoms with Crippen LogP contribution in [0, 0.1) is 13.0 Å². The van der Waals surface area contributed by atoms with Gasteiger partial charge in [-0.15, -0.1) is 17.7 Å². The van der Waals surface area contributed by atoms with E-state index in [4.69, 9.17) is 137 Å². The van der Waals surface area contributed by atoms with Gasteiger partial charge in [-0.05, 0) is 268 Å². The first kappa shape index (κ1) is 137. The van der Waals surface area contributed by atoms with Gasteiger partial charge in [0.1, 0.15) is 35.5 Å². The number of aldehydes is 1. The number of benzene rings is 6. The Morgan fingerprint density at radius 3 is 1.49 bits per heavy atom. The molecule has 770 valence electrons. The summed E-state index contributed by atoms with van der Waals surface area (Å²) in [5.41, 5.74) is 6.61. The van der Waals surface area contributed by atoms with Crippen LogP contribution in [-0.2, 0) is 105 Å². The number of unbranched alkanes of at least 4 members (excludes halogenated alkanes) is 1. The van der Waals surface area contributed by atoms with Crippen molar-refractivity contribution in [3.05, 3.63) is 238 Å². The normalized spacial score (nSPS) is 14.9. The Balaban J connectivity index is 0.00000157. The number of aliphatic hydroxyl groups excluding tert-OH is 1. The molecule has 6 aromatic carbocycles. The number of carbonyl (C=O) groups excluding carboxylic acids is 5. The third-order valence-electron chi connectivity index (χ3n) is 20.9. The maximum absolute atomic E-state index is 12.6. The van der Waals surface area contributed by atoms with E-state index >= 15 is 0 Å². The molecule has 0 unspecified atom stereocenters. The number of fused-ring (bicyclic) bond motifs is 2. The fourth-order valence-electron chi connectivity index (χ4n) is 11.6. The zero-order valence-corrected chi connectivity index (χ0v) is 101. The minimum Gasteiger partial charge on any atom is -0.466 e. The first-order chi connectivity index (χ1) is 64.9. The fourth-order valence-corrected chi connectivity index (χ4v) is 18.6. The van der Waals surface area contributed by atoms with E-state index in [1.54, 1.807) is 108 Å². The van der Waals surface area contributed by atoms with Gasteiger partial charge in [0.05, 0.1) is 45.5 Å². The molecule has 140 heavy (non-hydrogen) atoms. The molecule has 0 bridgehead atoms. The van der Waals surface area contributed by atoms with E-state index in [9.17, 15) is 28.5 Å². The molecule has 3 aliphatic rings. The standard InChI is InChI=1S/C16H19ClN4O5.C15H24BrClOSi.C15H24ClOSi.C11H12BrClO2.C11H10BrClO2.C9H10BrClO.C8H17O5P.C7H4BrClO.C4H8O.C4H9.2Li/c1-16(2)25-9-10(14(22)20(3)23-4)24-15(11(9)26-16)21-6-5-8-12(17)18-7-19-13(8)21;1-15(2,3)19(4,5)18-10-6-7-12-11-13(17)8-9-14(12)16;1-15(2,3)18(4,5)17-11-7-9-13-8-6-10-14(16)12-13;2*1-2-15-11(14)6-3-8-7-9(13)4-5-10(8)12;10-9-4-3-8(11)6-7(9)2-1-5-12;1-4-11-8(9)7-14(10,12-5-2)13-6-3;8-7-2-1-6(9)3-5(7)4-10;1-2-4-5-3-1;1-3-4-2;;/h5-7,9-11,15H,1-4H3;8-9,11H,6-7,10H2,1-5H3;6,10,12H,7,9,11H2,1-5H3;4-5,7H,2-3,6H2,1H3;3-7H,2H2,1H3;3-4,6,12H,1-2,5H2;4-7H2,1-3H3;1-4H;1-4H2;1,3-4H2,2H3;;/q;;-1;;;;;;;-1;2*+1/t9-,10+,11-,15-;;;;;;;;;;;/m1.........../s1. The van der Waals surface area contributed by atoms with E-state index in [0.717, 1.165) is 137 Å². The first-order valence-electron chi connectivity index (χ1n) is 45.3. The van der Waals surface area contributed by atoms with Crippen molar-refractivity contribution in [3.63, 3.8) is 0 Å². The Kier molecular flexibility index (Phi) is 71.0. The van der Waals surface area contributed by atoms with E-state index in [-0.39, 0.29) is 98.2 Å². The summed E-state index contributed by atoms with van der Waals surface area (Å²) in [5.74, 6) is -2.28. The van der Waals surface area contributed by atoms with Crippen LogP contribution in [0.4, 0.5) is 0 Å². The summed E-state index contributed by atoms with van der Waals surface area (Å²) in [7, 11) is -3.54. The zero-order chi connectivity index (χ0) is 104. The van der Waals surface area contributed by atoms with E-state index < -0.39 is 60.5 Å². The van der Waals surface area contributed by atoms with Crippen LogP contribution < -0.4 is 37.7 Å². The molecule has 1 amide bonds. The number of amides is 1. The molecule has 1 N–H and O–H groups in total. The van der Waals surface area contributed by atoms with E-state index in [1.807, 2.05) is 72.8 Å². The van der Waals surface area contributed by atoms with Gasteiger partial charge in [0.25, 0.3) is 5.91 Å². The van der Waals surface area contributed by atoms with E-state index in [2.05, 4.69) is 182 Å². The molecule has 5 heterocycles. The number of rotatable bonds is 32. The van der Waals surface area contributed by atoms with Crippen molar-refractivity contribution in [3.8, 4) is 0 Å². The first-order valence-corrected chi connectivity index (χ1v) is 59.5. The van der Waals surface area contributed by atoms with Crippen molar-refractivity contribution in [1.82, 2.24) is 19.6 Å². The molecule has 0 aliphatic carbocycles. The van der Waals surface area contributed by atoms with Gasteiger partial charge >= 0.3 is 63.2 Å². The van der Waals surface area contributed by atoms with Crippen molar-refractivity contribution in [2.24, 2.45) is 0 Å². The number of carbonyl (C=O) groups is 5. The summed E-state index contributed by atoms with van der Waals surface area (Å²) in [6.07, 6.45) is 15.6. The van der Waals surface area contributed by atoms with Crippen molar-refractivity contribution < 1.29 is 127 Å². The molecule has 0 radical (unpaired) electrons. The summed E-state index contributed by atoms with van der Waals surface area (Å²) in [6, 6.07) is 38.3. The van der Waals surface area contributed by atoms with Gasteiger partial charge in [-0.1, -0.05) is 209 Å². The number of hydrogen-bond acceptors (Lipinski definition) is 21. The van der Waals surface area contributed by atoms with Crippen LogP contribution in [0.3, 0.4) is 0 Å². The van der Waals surface area contributed by atoms with Crippen molar-refractivity contribution in [2.45, 2.75) is 241 Å². The second-order valence-electron chi connectivity index (χ2n) is 34.1. The number of nitrogens with zero attached hydrogens (tertiary/aromatic N) is 4. The summed E-state index contributed by atoms with van der Waals surface area (Å²) in [6.45, 7) is 46.2. The number of aliphatic hydroxyl groups is 1. The molecule has 23 nitrogen and oxygen atoms in total. The average molecular weight is 2450 g/mol. The molecule has 3 aliphatic heterocycles. The van der Waals surface area contributed by atoms with Crippen LogP contribution >= 0.6 is 168 Å². The molecule has 3 fully saturated rings. The molecule has 40 heteroatoms. The molecule has 2 aromatic heterocycles. The van der Waals surface area contributed by atoms with E-state index in [1.165, 1.54) is 57.0 Å². The Morgan fingerprint density at radius 1 is 0.607 bits per heavy atom. The van der Waals surface area contributed by atoms with Gasteiger partial charge in [0.2, 0.25) is 0 Å². The topological polar surface area (TPSA) is 267 Å². The molecular weight excluding hydrogens is 2310 g/mol. The Hall–Kier alpha value is -2.88. The largest absolute Gasteiger partial charge is 1.00 e. The van der Waals surface area contributed by atoms with Crippen LogP contribution in [0.1, 0.15) is 193 Å². The monoisotopic (exact) mass is 2440 g/mol. The van der Waals surface area contributed by atoms with Gasteiger partial charge < -0.3 is 67.7 Å². The molecule has 3 saturated heterocycles. The smallest absolute Gasteiger partial charge is 0.466 e. The second kappa shape index (κ2) is 72.5. The van der Waals surface area contributed by atoms with E-state index in [0.29, 0.717) is 62.9 Å². The summed E-state index contributed by atoms with van der Waals surface area (Å²) >= 11 is 58.2. The second-order valence-corrected chi connectivity index (χ2v) is 53.0. The Labute approximate surface area is 934 Å². The summed E-state index contributed by atoms with van der Waals surface area (Å²) in [5, 5.41) is 15.6. The summed E-state index contributed by atoms with van der Waals surface area (Å²) < 4.78 is 77.7. The quantitative estimate of drug-likeness (QED) is 0.00392. The maximum Gasteiger partial charge on any atom is 1.00 e.